The number of fused-ring (bicyclic) bond motifs is 3. The van der Waals surface area contributed by atoms with Gasteiger partial charge in [0, 0.05) is 21.8 Å². The summed E-state index contributed by atoms with van der Waals surface area (Å²) >= 11 is 0. The van der Waals surface area contributed by atoms with Gasteiger partial charge in [-0.1, -0.05) is 54.6 Å². The molecule has 0 aliphatic carbocycles. The van der Waals surface area contributed by atoms with E-state index in [1.54, 1.807) is 0 Å². The minimum absolute atomic E-state index is 0.269. The van der Waals surface area contributed by atoms with Crippen molar-refractivity contribution in [2.75, 3.05) is 6.61 Å². The highest BCUT2D eigenvalue weighted by atomic mass is 16.5. The summed E-state index contributed by atoms with van der Waals surface area (Å²) in [7, 11) is 0. The number of aliphatic hydroxyl groups is 1. The average Bonchev–Trinajstić information content (AvgIpc) is 2.95. The minimum Gasteiger partial charge on any atom is -0.491 e. The van der Waals surface area contributed by atoms with Crippen LogP contribution in [0.4, 0.5) is 0 Å². The van der Waals surface area contributed by atoms with E-state index in [0.29, 0.717) is 6.54 Å². The Morgan fingerprint density at radius 1 is 0.750 bits per heavy atom. The second-order valence-electron chi connectivity index (χ2n) is 5.92. The number of rotatable bonds is 5. The van der Waals surface area contributed by atoms with Gasteiger partial charge in [-0.25, -0.2) is 0 Å². The maximum absolute atomic E-state index is 10.5. The number of aromatic nitrogens is 1. The number of hydrogen-bond donors (Lipinski definition) is 1. The van der Waals surface area contributed by atoms with Crippen LogP contribution in [0.2, 0.25) is 0 Å². The highest BCUT2D eigenvalue weighted by molar-refractivity contribution is 6.07. The summed E-state index contributed by atoms with van der Waals surface area (Å²) in [5.74, 6) is 0.777. The number of hydrogen-bond acceptors (Lipinski definition) is 2. The molecule has 3 aromatic carbocycles. The van der Waals surface area contributed by atoms with Crippen molar-refractivity contribution in [3.8, 4) is 5.75 Å². The molecule has 4 aromatic rings. The normalized spacial score (nSPS) is 12.5. The lowest BCUT2D eigenvalue weighted by molar-refractivity contribution is 0.0945. The van der Waals surface area contributed by atoms with Crippen LogP contribution in [0.25, 0.3) is 21.8 Å². The zero-order chi connectivity index (χ0) is 16.4. The number of benzene rings is 3. The average molecular weight is 317 g/mol. The van der Waals surface area contributed by atoms with Gasteiger partial charge in [0.25, 0.3) is 0 Å². The van der Waals surface area contributed by atoms with Crippen LogP contribution in [0.5, 0.6) is 5.75 Å². The molecule has 120 valence electrons. The van der Waals surface area contributed by atoms with E-state index in [1.807, 2.05) is 54.6 Å². The van der Waals surface area contributed by atoms with Gasteiger partial charge in [0.2, 0.25) is 0 Å². The Morgan fingerprint density at radius 2 is 1.29 bits per heavy atom. The summed E-state index contributed by atoms with van der Waals surface area (Å²) in [5.41, 5.74) is 2.27. The number of nitrogens with zero attached hydrogens (tertiary/aromatic N) is 1. The molecule has 4 rings (SSSR count). The maximum atomic E-state index is 10.5. The van der Waals surface area contributed by atoms with Gasteiger partial charge >= 0.3 is 0 Å². The Morgan fingerprint density at radius 3 is 1.92 bits per heavy atom. The molecule has 1 aromatic heterocycles. The molecule has 0 saturated carbocycles. The fourth-order valence-electron chi connectivity index (χ4n) is 3.17. The monoisotopic (exact) mass is 317 g/mol. The lowest BCUT2D eigenvalue weighted by Gasteiger charge is -2.15. The third kappa shape index (κ3) is 2.74. The van der Waals surface area contributed by atoms with E-state index >= 15 is 0 Å². The Hall–Kier alpha value is -2.78. The molecule has 24 heavy (non-hydrogen) atoms. The Kier molecular flexibility index (Phi) is 3.93. The molecule has 1 heterocycles. The molecular weight excluding hydrogens is 298 g/mol. The lowest BCUT2D eigenvalue weighted by Crippen LogP contribution is -2.23. The molecule has 0 radical (unpaired) electrons. The highest BCUT2D eigenvalue weighted by Gasteiger charge is 2.13. The quantitative estimate of drug-likeness (QED) is 0.597. The van der Waals surface area contributed by atoms with E-state index < -0.39 is 6.10 Å². The predicted octanol–water partition coefficient (Wildman–Crippen LogP) is 4.23. The van der Waals surface area contributed by atoms with Crippen LogP contribution in [0.15, 0.2) is 78.9 Å². The summed E-state index contributed by atoms with van der Waals surface area (Å²) < 4.78 is 7.85. The first-order valence-electron chi connectivity index (χ1n) is 8.15. The lowest BCUT2D eigenvalue weighted by atomic mass is 10.2. The van der Waals surface area contributed by atoms with Crippen LogP contribution in [0.1, 0.15) is 0 Å². The van der Waals surface area contributed by atoms with Crippen molar-refractivity contribution in [3.63, 3.8) is 0 Å². The largest absolute Gasteiger partial charge is 0.491 e. The van der Waals surface area contributed by atoms with Crippen LogP contribution in [-0.4, -0.2) is 22.4 Å². The number of para-hydroxylation sites is 3. The highest BCUT2D eigenvalue weighted by Crippen LogP contribution is 2.28. The molecule has 0 spiro atoms. The van der Waals surface area contributed by atoms with Gasteiger partial charge in [-0.05, 0) is 24.3 Å². The Balaban J connectivity index is 1.61. The second-order valence-corrected chi connectivity index (χ2v) is 5.92. The van der Waals surface area contributed by atoms with E-state index in [2.05, 4.69) is 28.8 Å². The van der Waals surface area contributed by atoms with Crippen molar-refractivity contribution >= 4 is 21.8 Å². The van der Waals surface area contributed by atoms with Crippen LogP contribution in [0, 0.1) is 0 Å². The molecule has 0 fully saturated rings. The molecule has 0 amide bonds. The number of ether oxygens (including phenoxy) is 1. The first-order chi connectivity index (χ1) is 11.8. The van der Waals surface area contributed by atoms with Gasteiger partial charge in [0.05, 0.1) is 6.54 Å². The SMILES string of the molecule is O[C@@H](COc1ccccc1)Cn1c2ccccc2c2ccccc21. The molecule has 3 nitrogen and oxygen atoms in total. The van der Waals surface area contributed by atoms with Crippen LogP contribution >= 0.6 is 0 Å². The summed E-state index contributed by atoms with van der Waals surface area (Å²) in [4.78, 5) is 0. The van der Waals surface area contributed by atoms with Gasteiger partial charge in [-0.3, -0.25) is 0 Å². The summed E-state index contributed by atoms with van der Waals surface area (Å²) in [6.45, 7) is 0.770. The van der Waals surface area contributed by atoms with Crippen LogP contribution in [0.3, 0.4) is 0 Å². The van der Waals surface area contributed by atoms with Crippen molar-refractivity contribution in [3.05, 3.63) is 78.9 Å². The maximum Gasteiger partial charge on any atom is 0.119 e. The summed E-state index contributed by atoms with van der Waals surface area (Å²) in [6.07, 6.45) is -0.579. The van der Waals surface area contributed by atoms with E-state index in [9.17, 15) is 5.11 Å². The fourth-order valence-corrected chi connectivity index (χ4v) is 3.17. The first kappa shape index (κ1) is 14.8. The van der Waals surface area contributed by atoms with E-state index in [0.717, 1.165) is 16.8 Å². The molecule has 1 atom stereocenters. The summed E-state index contributed by atoms with van der Waals surface area (Å²) in [5, 5.41) is 12.9. The van der Waals surface area contributed by atoms with E-state index in [1.165, 1.54) is 10.8 Å². The van der Waals surface area contributed by atoms with Crippen molar-refractivity contribution in [1.29, 1.82) is 0 Å². The molecule has 0 aliphatic heterocycles. The van der Waals surface area contributed by atoms with Gasteiger partial charge in [-0.2, -0.15) is 0 Å². The van der Waals surface area contributed by atoms with Gasteiger partial charge in [0.15, 0.2) is 0 Å². The van der Waals surface area contributed by atoms with Crippen molar-refractivity contribution in [2.45, 2.75) is 12.6 Å². The van der Waals surface area contributed by atoms with Crippen LogP contribution < -0.4 is 4.74 Å². The van der Waals surface area contributed by atoms with Crippen LogP contribution in [-0.2, 0) is 6.54 Å². The smallest absolute Gasteiger partial charge is 0.119 e. The standard InChI is InChI=1S/C21H19NO2/c23-16(15-24-17-8-2-1-3-9-17)14-22-20-12-6-4-10-18(20)19-11-5-7-13-21(19)22/h1-13,16,23H,14-15H2/t16-/m1/s1. The van der Waals surface area contributed by atoms with E-state index in [-0.39, 0.29) is 6.61 Å². The Labute approximate surface area is 140 Å². The minimum atomic E-state index is -0.579. The zero-order valence-electron chi connectivity index (χ0n) is 13.3. The predicted molar refractivity (Wildman–Crippen MR) is 97.4 cm³/mol. The molecule has 3 heteroatoms. The number of aliphatic hydroxyl groups excluding tert-OH is 1. The third-order valence-corrected chi connectivity index (χ3v) is 4.26. The molecule has 0 unspecified atom stereocenters. The molecule has 0 bridgehead atoms. The van der Waals surface area contributed by atoms with E-state index in [4.69, 9.17) is 4.74 Å². The van der Waals surface area contributed by atoms with Crippen molar-refractivity contribution in [1.82, 2.24) is 4.57 Å². The van der Waals surface area contributed by atoms with Gasteiger partial charge in [-0.15, -0.1) is 0 Å². The molecule has 0 aliphatic rings. The van der Waals surface area contributed by atoms with Crippen molar-refractivity contribution in [2.24, 2.45) is 0 Å². The van der Waals surface area contributed by atoms with Crippen molar-refractivity contribution < 1.29 is 9.84 Å². The fraction of sp³-hybridized carbons (Fsp3) is 0.143. The van der Waals surface area contributed by atoms with Gasteiger partial charge < -0.3 is 14.4 Å². The molecule has 1 N–H and O–H groups in total. The Bertz CT molecular complexity index is 906. The first-order valence-corrected chi connectivity index (χ1v) is 8.15. The summed E-state index contributed by atoms with van der Waals surface area (Å²) in [6, 6.07) is 26.2. The topological polar surface area (TPSA) is 34.4 Å². The third-order valence-electron chi connectivity index (χ3n) is 4.26. The van der Waals surface area contributed by atoms with Gasteiger partial charge in [0.1, 0.15) is 18.5 Å². The second kappa shape index (κ2) is 6.38. The zero-order valence-corrected chi connectivity index (χ0v) is 13.3. The molecular formula is C21H19NO2. The molecule has 0 saturated heterocycles.